The Morgan fingerprint density at radius 3 is 2.74 bits per heavy atom. The predicted octanol–water partition coefficient (Wildman–Crippen LogP) is 1.51. The van der Waals surface area contributed by atoms with Crippen LogP contribution in [0.4, 0.5) is 10.1 Å². The molecule has 1 aromatic rings. The summed E-state index contributed by atoms with van der Waals surface area (Å²) in [4.78, 5) is 13.4. The van der Waals surface area contributed by atoms with E-state index in [1.54, 1.807) is 19.1 Å². The van der Waals surface area contributed by atoms with Crippen LogP contribution < -0.4 is 16.0 Å². The van der Waals surface area contributed by atoms with E-state index >= 15 is 0 Å². The molecule has 0 aromatic heterocycles. The summed E-state index contributed by atoms with van der Waals surface area (Å²) in [6, 6.07) is 6.26. The molecule has 0 radical (unpaired) electrons. The van der Waals surface area contributed by atoms with E-state index in [2.05, 4.69) is 5.32 Å². The third-order valence-corrected chi connectivity index (χ3v) is 3.11. The maximum absolute atomic E-state index is 13.2. The fourth-order valence-corrected chi connectivity index (χ4v) is 1.90. The first kappa shape index (κ1) is 15.4. The third kappa shape index (κ3) is 4.21. The maximum Gasteiger partial charge on any atom is 0.239 e. The number of halogens is 1. The number of rotatable bonds is 7. The molecule has 1 amide bonds. The molecule has 0 saturated carbocycles. The molecule has 0 saturated heterocycles. The number of benzene rings is 1. The van der Waals surface area contributed by atoms with E-state index in [-0.39, 0.29) is 5.82 Å². The van der Waals surface area contributed by atoms with E-state index in [4.69, 9.17) is 5.73 Å². The van der Waals surface area contributed by atoms with Gasteiger partial charge in [-0.25, -0.2) is 4.39 Å². The zero-order chi connectivity index (χ0) is 14.5. The van der Waals surface area contributed by atoms with Crippen LogP contribution in [0.2, 0.25) is 0 Å². The van der Waals surface area contributed by atoms with Crippen molar-refractivity contribution in [3.63, 3.8) is 0 Å². The van der Waals surface area contributed by atoms with E-state index in [1.165, 1.54) is 12.1 Å². The Kier molecular flexibility index (Phi) is 5.30. The fraction of sp³-hybridized carbons (Fsp3) is 0.500. The summed E-state index contributed by atoms with van der Waals surface area (Å²) in [7, 11) is 1.81. The summed E-state index contributed by atoms with van der Waals surface area (Å²) in [5.41, 5.74) is 5.34. The molecule has 106 valence electrons. The number of likely N-dealkylation sites (N-methyl/N-ethyl adjacent to an activating group) is 1. The molecule has 0 aliphatic heterocycles. The number of hydrogen-bond donors (Lipinski definition) is 2. The van der Waals surface area contributed by atoms with Crippen molar-refractivity contribution in [3.8, 4) is 0 Å². The first-order valence-electron chi connectivity index (χ1n) is 6.40. The fourth-order valence-electron chi connectivity index (χ4n) is 1.90. The van der Waals surface area contributed by atoms with Gasteiger partial charge in [0, 0.05) is 19.3 Å². The number of nitrogens with one attached hydrogen (secondary N) is 1. The zero-order valence-electron chi connectivity index (χ0n) is 11.7. The van der Waals surface area contributed by atoms with Crippen LogP contribution in [0, 0.1) is 5.82 Å². The standard InChI is InChI=1S/C14H22FN3O/c1-4-8-17-14(2,13(16)19)10-18(3)12-7-5-6-11(15)9-12/h5-7,9,17H,4,8,10H2,1-3H3,(H2,16,19). The van der Waals surface area contributed by atoms with Crippen LogP contribution in [0.3, 0.4) is 0 Å². The number of hydrogen-bond acceptors (Lipinski definition) is 3. The normalized spacial score (nSPS) is 13.9. The Bertz CT molecular complexity index is 438. The lowest BCUT2D eigenvalue weighted by Gasteiger charge is -2.33. The number of primary amides is 1. The second kappa shape index (κ2) is 6.52. The topological polar surface area (TPSA) is 58.4 Å². The molecule has 0 aliphatic carbocycles. The Hall–Kier alpha value is -1.62. The minimum absolute atomic E-state index is 0.299. The quantitative estimate of drug-likeness (QED) is 0.787. The van der Waals surface area contributed by atoms with Gasteiger partial charge in [0.2, 0.25) is 5.91 Å². The van der Waals surface area contributed by atoms with Gasteiger partial charge in [-0.05, 0) is 38.1 Å². The SMILES string of the molecule is CCCNC(C)(CN(C)c1cccc(F)c1)C(N)=O. The van der Waals surface area contributed by atoms with E-state index in [9.17, 15) is 9.18 Å². The average Bonchev–Trinajstić information content (AvgIpc) is 2.36. The van der Waals surface area contributed by atoms with Gasteiger partial charge in [0.05, 0.1) is 0 Å². The number of amides is 1. The Morgan fingerprint density at radius 1 is 1.53 bits per heavy atom. The summed E-state index contributed by atoms with van der Waals surface area (Å²) in [6.07, 6.45) is 0.909. The van der Waals surface area contributed by atoms with E-state index in [0.29, 0.717) is 18.8 Å². The van der Waals surface area contributed by atoms with Gasteiger partial charge in [-0.2, -0.15) is 0 Å². The van der Waals surface area contributed by atoms with Crippen molar-refractivity contribution in [2.24, 2.45) is 5.73 Å². The lowest BCUT2D eigenvalue weighted by atomic mass is 10.0. The van der Waals surface area contributed by atoms with Crippen molar-refractivity contribution in [3.05, 3.63) is 30.1 Å². The number of carbonyl (C=O) groups is 1. The van der Waals surface area contributed by atoms with Crippen LogP contribution in [0.25, 0.3) is 0 Å². The van der Waals surface area contributed by atoms with Crippen LogP contribution in [0.1, 0.15) is 20.3 Å². The molecule has 0 aliphatic rings. The number of carbonyl (C=O) groups excluding carboxylic acids is 1. The summed E-state index contributed by atoms with van der Waals surface area (Å²) in [5, 5.41) is 3.15. The minimum Gasteiger partial charge on any atom is -0.372 e. The van der Waals surface area contributed by atoms with Gasteiger partial charge in [-0.1, -0.05) is 13.0 Å². The maximum atomic E-state index is 13.2. The largest absolute Gasteiger partial charge is 0.372 e. The lowest BCUT2D eigenvalue weighted by molar-refractivity contribution is -0.123. The van der Waals surface area contributed by atoms with Crippen LogP contribution >= 0.6 is 0 Å². The summed E-state index contributed by atoms with van der Waals surface area (Å²) >= 11 is 0. The minimum atomic E-state index is -0.836. The number of nitrogens with two attached hydrogens (primary N) is 1. The van der Waals surface area contributed by atoms with Crippen molar-refractivity contribution in [1.29, 1.82) is 0 Å². The molecule has 0 bridgehead atoms. The highest BCUT2D eigenvalue weighted by Crippen LogP contribution is 2.17. The van der Waals surface area contributed by atoms with Gasteiger partial charge >= 0.3 is 0 Å². The van der Waals surface area contributed by atoms with Crippen molar-refractivity contribution in [2.45, 2.75) is 25.8 Å². The molecule has 19 heavy (non-hydrogen) atoms. The summed E-state index contributed by atoms with van der Waals surface area (Å²) in [6.45, 7) is 4.87. The number of nitrogens with zero attached hydrogens (tertiary/aromatic N) is 1. The highest BCUT2D eigenvalue weighted by atomic mass is 19.1. The molecule has 3 N–H and O–H groups in total. The lowest BCUT2D eigenvalue weighted by Crippen LogP contribution is -2.59. The monoisotopic (exact) mass is 267 g/mol. The van der Waals surface area contributed by atoms with Gasteiger partial charge in [0.25, 0.3) is 0 Å². The first-order valence-corrected chi connectivity index (χ1v) is 6.40. The van der Waals surface area contributed by atoms with Crippen molar-refractivity contribution in [2.75, 3.05) is 25.0 Å². The number of anilines is 1. The second-order valence-electron chi connectivity index (χ2n) is 4.96. The van der Waals surface area contributed by atoms with E-state index in [0.717, 1.165) is 6.42 Å². The van der Waals surface area contributed by atoms with Crippen molar-refractivity contribution in [1.82, 2.24) is 5.32 Å². The highest BCUT2D eigenvalue weighted by molar-refractivity contribution is 5.85. The van der Waals surface area contributed by atoms with E-state index in [1.807, 2.05) is 18.9 Å². The molecule has 0 spiro atoms. The van der Waals surface area contributed by atoms with Gasteiger partial charge < -0.3 is 16.0 Å². The molecule has 4 nitrogen and oxygen atoms in total. The molecule has 1 rings (SSSR count). The average molecular weight is 267 g/mol. The Morgan fingerprint density at radius 2 is 2.21 bits per heavy atom. The molecule has 1 aromatic carbocycles. The van der Waals surface area contributed by atoms with Crippen LogP contribution in [0.5, 0.6) is 0 Å². The molecule has 0 fully saturated rings. The molecule has 0 heterocycles. The smallest absolute Gasteiger partial charge is 0.239 e. The zero-order valence-corrected chi connectivity index (χ0v) is 11.7. The van der Waals surface area contributed by atoms with Gasteiger partial charge in [-0.15, -0.1) is 0 Å². The van der Waals surface area contributed by atoms with Crippen molar-refractivity contribution >= 4 is 11.6 Å². The van der Waals surface area contributed by atoms with E-state index < -0.39 is 11.4 Å². The van der Waals surface area contributed by atoms with Crippen molar-refractivity contribution < 1.29 is 9.18 Å². The Balaban J connectivity index is 2.81. The summed E-state index contributed by atoms with van der Waals surface area (Å²) in [5.74, 6) is -0.712. The second-order valence-corrected chi connectivity index (χ2v) is 4.96. The summed E-state index contributed by atoms with van der Waals surface area (Å²) < 4.78 is 13.2. The highest BCUT2D eigenvalue weighted by Gasteiger charge is 2.31. The molecular formula is C14H22FN3O. The predicted molar refractivity (Wildman–Crippen MR) is 75.6 cm³/mol. The molecule has 5 heteroatoms. The van der Waals surface area contributed by atoms with Crippen LogP contribution in [0.15, 0.2) is 24.3 Å². The Labute approximate surface area is 113 Å². The van der Waals surface area contributed by atoms with Gasteiger partial charge in [-0.3, -0.25) is 4.79 Å². The van der Waals surface area contributed by atoms with Gasteiger partial charge in [0.1, 0.15) is 11.4 Å². The molecular weight excluding hydrogens is 245 g/mol. The molecule has 1 unspecified atom stereocenters. The first-order chi connectivity index (χ1) is 8.89. The third-order valence-electron chi connectivity index (χ3n) is 3.11. The van der Waals surface area contributed by atoms with Gasteiger partial charge in [0.15, 0.2) is 0 Å². The van der Waals surface area contributed by atoms with Crippen LogP contribution in [-0.2, 0) is 4.79 Å². The molecule has 1 atom stereocenters. The van der Waals surface area contributed by atoms with Crippen LogP contribution in [-0.4, -0.2) is 31.6 Å².